The zero-order valence-electron chi connectivity index (χ0n) is 21.7. The minimum atomic E-state index is -1.31. The first-order chi connectivity index (χ1) is 18.7. The second-order valence-electron chi connectivity index (χ2n) is 10.3. The molecule has 1 amide bonds. The lowest BCUT2D eigenvalue weighted by atomic mass is 9.85. The van der Waals surface area contributed by atoms with Crippen LogP contribution in [0, 0.1) is 5.92 Å². The van der Waals surface area contributed by atoms with E-state index < -0.39 is 23.7 Å². The molecule has 2 aliphatic rings. The molecule has 1 saturated carbocycles. The molecule has 2 fully saturated rings. The molecular formula is C30H30Cl2N2O5. The van der Waals surface area contributed by atoms with Crippen molar-refractivity contribution in [3.63, 3.8) is 0 Å². The van der Waals surface area contributed by atoms with E-state index in [9.17, 15) is 14.7 Å². The van der Waals surface area contributed by atoms with Crippen LogP contribution in [0.25, 0.3) is 0 Å². The lowest BCUT2D eigenvalue weighted by Gasteiger charge is -2.51. The molecule has 1 aliphatic heterocycles. The maximum atomic E-state index is 14.4. The van der Waals surface area contributed by atoms with Gasteiger partial charge in [0.15, 0.2) is 5.60 Å². The number of aromatic nitrogens is 1. The summed E-state index contributed by atoms with van der Waals surface area (Å²) in [7, 11) is 1.31. The summed E-state index contributed by atoms with van der Waals surface area (Å²) in [6.45, 7) is 1.60. The van der Waals surface area contributed by atoms with Crippen LogP contribution in [0.5, 0.6) is 0 Å². The van der Waals surface area contributed by atoms with E-state index in [0.717, 1.165) is 24.0 Å². The highest BCUT2D eigenvalue weighted by molar-refractivity contribution is 6.30. The second kappa shape index (κ2) is 11.3. The van der Waals surface area contributed by atoms with Crippen LogP contribution in [0.3, 0.4) is 0 Å². The predicted molar refractivity (Wildman–Crippen MR) is 148 cm³/mol. The SMILES string of the molecule is COC(=O)c1ccc(CC2(C)OC(c3cccc(Cl)c3)C(c3ccc(Cl)cc3)N(C(CO)C3CC3)C2=O)nc1. The molecule has 5 rings (SSSR count). The largest absolute Gasteiger partial charge is 0.465 e. The average Bonchev–Trinajstić information content (AvgIpc) is 3.77. The van der Waals surface area contributed by atoms with Gasteiger partial charge in [0, 0.05) is 28.4 Å². The fourth-order valence-electron chi connectivity index (χ4n) is 5.40. The Kier molecular flexibility index (Phi) is 7.96. The number of ether oxygens (including phenoxy) is 2. The van der Waals surface area contributed by atoms with Crippen LogP contribution in [0.1, 0.15) is 59.1 Å². The summed E-state index contributed by atoms with van der Waals surface area (Å²) in [6.07, 6.45) is 2.89. The van der Waals surface area contributed by atoms with Crippen molar-refractivity contribution in [1.29, 1.82) is 0 Å². The standard InChI is InChI=1S/C30H30Cl2N2O5/c1-30(15-24-13-10-21(16-33-24)28(36)38-2)29(37)34(25(17-35)18-6-7-18)26(19-8-11-22(31)12-9-19)27(39-30)20-4-3-5-23(32)14-20/h3-5,8-14,16,18,25-27,35H,6-7,15,17H2,1-2H3. The van der Waals surface area contributed by atoms with E-state index >= 15 is 0 Å². The molecule has 1 aromatic heterocycles. The topological polar surface area (TPSA) is 89.0 Å². The lowest BCUT2D eigenvalue weighted by Crippen LogP contribution is -2.62. The minimum absolute atomic E-state index is 0.162. The third kappa shape index (κ3) is 5.68. The number of aliphatic hydroxyl groups excluding tert-OH is 1. The Hall–Kier alpha value is -2.97. The molecule has 4 unspecified atom stereocenters. The van der Waals surface area contributed by atoms with E-state index in [4.69, 9.17) is 32.7 Å². The Bertz CT molecular complexity index is 1350. The summed E-state index contributed by atoms with van der Waals surface area (Å²) in [6, 6.07) is 17.2. The van der Waals surface area contributed by atoms with Gasteiger partial charge in [-0.3, -0.25) is 9.78 Å². The molecule has 7 nitrogen and oxygen atoms in total. The highest BCUT2D eigenvalue weighted by atomic mass is 35.5. The van der Waals surface area contributed by atoms with E-state index in [1.807, 2.05) is 35.2 Å². The summed E-state index contributed by atoms with van der Waals surface area (Å²) in [5.74, 6) is -0.516. The zero-order valence-corrected chi connectivity index (χ0v) is 23.2. The van der Waals surface area contributed by atoms with Crippen molar-refractivity contribution in [2.75, 3.05) is 13.7 Å². The third-order valence-corrected chi connectivity index (χ3v) is 8.01. The van der Waals surface area contributed by atoms with Gasteiger partial charge in [0.25, 0.3) is 5.91 Å². The molecule has 204 valence electrons. The van der Waals surface area contributed by atoms with E-state index in [0.29, 0.717) is 21.3 Å². The Balaban J connectivity index is 1.60. The number of morpholine rings is 1. The van der Waals surface area contributed by atoms with Gasteiger partial charge in [0.2, 0.25) is 0 Å². The molecule has 2 aromatic carbocycles. The van der Waals surface area contributed by atoms with Gasteiger partial charge in [0.05, 0.1) is 31.4 Å². The van der Waals surface area contributed by atoms with Crippen molar-refractivity contribution in [2.24, 2.45) is 5.92 Å². The van der Waals surface area contributed by atoms with Crippen molar-refractivity contribution in [3.05, 3.63) is 99.3 Å². The fraction of sp³-hybridized carbons (Fsp3) is 0.367. The molecule has 9 heteroatoms. The quantitative estimate of drug-likeness (QED) is 0.356. The first-order valence-corrected chi connectivity index (χ1v) is 13.7. The number of hydrogen-bond donors (Lipinski definition) is 1. The van der Waals surface area contributed by atoms with Crippen LogP contribution in [0.2, 0.25) is 10.0 Å². The number of esters is 1. The Labute approximate surface area is 237 Å². The molecule has 0 spiro atoms. The predicted octanol–water partition coefficient (Wildman–Crippen LogP) is 5.59. The van der Waals surface area contributed by atoms with Gasteiger partial charge in [-0.05, 0) is 73.2 Å². The summed E-state index contributed by atoms with van der Waals surface area (Å²) < 4.78 is 11.5. The second-order valence-corrected chi connectivity index (χ2v) is 11.2. The van der Waals surface area contributed by atoms with E-state index in [1.54, 1.807) is 37.3 Å². The minimum Gasteiger partial charge on any atom is -0.465 e. The van der Waals surface area contributed by atoms with Gasteiger partial charge < -0.3 is 19.5 Å². The molecule has 4 atom stereocenters. The number of benzene rings is 2. The summed E-state index contributed by atoms with van der Waals surface area (Å²) in [4.78, 5) is 32.6. The summed E-state index contributed by atoms with van der Waals surface area (Å²) >= 11 is 12.6. The Morgan fingerprint density at radius 2 is 1.87 bits per heavy atom. The molecule has 0 bridgehead atoms. The normalized spacial score (nSPS) is 23.9. The van der Waals surface area contributed by atoms with Crippen LogP contribution in [0.4, 0.5) is 0 Å². The Morgan fingerprint density at radius 3 is 2.46 bits per heavy atom. The number of methoxy groups -OCH3 is 1. The van der Waals surface area contributed by atoms with Crippen molar-refractivity contribution in [1.82, 2.24) is 9.88 Å². The third-order valence-electron chi connectivity index (χ3n) is 7.52. The average molecular weight is 569 g/mol. The fourth-order valence-corrected chi connectivity index (χ4v) is 5.73. The molecule has 3 aromatic rings. The number of carbonyl (C=O) groups excluding carboxylic acids is 2. The van der Waals surface area contributed by atoms with Crippen molar-refractivity contribution >= 4 is 35.1 Å². The van der Waals surface area contributed by atoms with Gasteiger partial charge >= 0.3 is 5.97 Å². The molecule has 1 saturated heterocycles. The number of carbonyl (C=O) groups is 2. The van der Waals surface area contributed by atoms with Gasteiger partial charge in [-0.25, -0.2) is 4.79 Å². The highest BCUT2D eigenvalue weighted by Gasteiger charge is 2.54. The number of halogens is 2. The van der Waals surface area contributed by atoms with E-state index in [1.165, 1.54) is 13.3 Å². The molecule has 0 radical (unpaired) electrons. The van der Waals surface area contributed by atoms with Gasteiger partial charge in [0.1, 0.15) is 6.10 Å². The van der Waals surface area contributed by atoms with Gasteiger partial charge in [-0.1, -0.05) is 47.5 Å². The summed E-state index contributed by atoms with van der Waals surface area (Å²) in [5.41, 5.74) is 1.25. The highest BCUT2D eigenvalue weighted by Crippen LogP contribution is 2.50. The first-order valence-electron chi connectivity index (χ1n) is 12.9. The number of amides is 1. The zero-order chi connectivity index (χ0) is 27.7. The lowest BCUT2D eigenvalue weighted by molar-refractivity contribution is -0.205. The van der Waals surface area contributed by atoms with Gasteiger partial charge in [-0.2, -0.15) is 0 Å². The van der Waals surface area contributed by atoms with Crippen LogP contribution < -0.4 is 0 Å². The molecule has 1 N–H and O–H groups in total. The van der Waals surface area contributed by atoms with Crippen LogP contribution in [-0.2, 0) is 20.7 Å². The molecule has 39 heavy (non-hydrogen) atoms. The van der Waals surface area contributed by atoms with Crippen molar-refractivity contribution < 1.29 is 24.2 Å². The molecule has 2 heterocycles. The number of rotatable bonds is 8. The van der Waals surface area contributed by atoms with Crippen molar-refractivity contribution in [2.45, 2.75) is 50.0 Å². The van der Waals surface area contributed by atoms with Crippen molar-refractivity contribution in [3.8, 4) is 0 Å². The Morgan fingerprint density at radius 1 is 1.13 bits per heavy atom. The number of hydrogen-bond acceptors (Lipinski definition) is 6. The molecule has 1 aliphatic carbocycles. The maximum Gasteiger partial charge on any atom is 0.339 e. The first kappa shape index (κ1) is 27.6. The summed E-state index contributed by atoms with van der Waals surface area (Å²) in [5, 5.41) is 11.7. The maximum absolute atomic E-state index is 14.4. The van der Waals surface area contributed by atoms with E-state index in [2.05, 4.69) is 4.98 Å². The molecular weight excluding hydrogens is 539 g/mol. The number of pyridine rings is 1. The monoisotopic (exact) mass is 568 g/mol. The van der Waals surface area contributed by atoms with E-state index in [-0.39, 0.29) is 30.9 Å². The smallest absolute Gasteiger partial charge is 0.339 e. The van der Waals surface area contributed by atoms with Gasteiger partial charge in [-0.15, -0.1) is 0 Å². The van der Waals surface area contributed by atoms with Crippen LogP contribution >= 0.6 is 23.2 Å². The number of aliphatic hydroxyl groups is 1. The number of nitrogens with zero attached hydrogens (tertiary/aromatic N) is 2. The van der Waals surface area contributed by atoms with Crippen LogP contribution in [0.15, 0.2) is 66.9 Å². The van der Waals surface area contributed by atoms with Crippen LogP contribution in [-0.4, -0.2) is 52.2 Å².